The summed E-state index contributed by atoms with van der Waals surface area (Å²) in [5.41, 5.74) is 2.11. The molecule has 5 atom stereocenters. The third-order valence-corrected chi connectivity index (χ3v) is 10.6. The highest BCUT2D eigenvalue weighted by molar-refractivity contribution is 7.10. The maximum Gasteiger partial charge on any atom is 0.271 e. The van der Waals surface area contributed by atoms with Crippen LogP contribution >= 0.6 is 11.3 Å². The Morgan fingerprint density at radius 1 is 0.939 bits per heavy atom. The number of carbonyl (C=O) groups excluding carboxylic acids is 4. The molecule has 0 bridgehead atoms. The first kappa shape index (κ1) is 37.7. The van der Waals surface area contributed by atoms with Crippen LogP contribution in [0, 0.1) is 11.8 Å². The molecule has 4 rings (SSSR count). The molecule has 0 aliphatic carbocycles. The minimum absolute atomic E-state index is 0.116. The van der Waals surface area contributed by atoms with E-state index in [9.17, 15) is 19.2 Å². The first-order valence-electron chi connectivity index (χ1n) is 17.3. The number of carbonyl (C=O) groups is 4. The molecule has 0 radical (unpaired) electrons. The van der Waals surface area contributed by atoms with Gasteiger partial charge >= 0.3 is 0 Å². The molecule has 1 aliphatic rings. The number of piperidine rings is 1. The second kappa shape index (κ2) is 17.5. The van der Waals surface area contributed by atoms with Crippen LogP contribution in [0.25, 0.3) is 0 Å². The van der Waals surface area contributed by atoms with Crippen molar-refractivity contribution in [3.05, 3.63) is 87.9 Å². The molecule has 3 N–H and O–H groups in total. The Hall–Kier alpha value is -4.09. The van der Waals surface area contributed by atoms with Crippen molar-refractivity contribution in [1.82, 2.24) is 30.7 Å². The average Bonchev–Trinajstić information content (AvgIpc) is 3.59. The highest BCUT2D eigenvalue weighted by Crippen LogP contribution is 2.31. The van der Waals surface area contributed by atoms with Crippen LogP contribution in [0.15, 0.2) is 66.0 Å². The molecule has 3 aromatic rings. The van der Waals surface area contributed by atoms with Gasteiger partial charge in [0.05, 0.1) is 18.1 Å². The van der Waals surface area contributed by atoms with Crippen molar-refractivity contribution >= 4 is 35.0 Å². The molecule has 264 valence electrons. The number of amides is 4. The van der Waals surface area contributed by atoms with Gasteiger partial charge in [0.1, 0.15) is 22.8 Å². The molecule has 0 spiro atoms. The van der Waals surface area contributed by atoms with E-state index in [1.54, 1.807) is 17.3 Å². The van der Waals surface area contributed by atoms with Gasteiger partial charge in [-0.05, 0) is 49.4 Å². The summed E-state index contributed by atoms with van der Waals surface area (Å²) < 4.78 is 0. The standard InChI is InChI=1S/C38H52N6O4S/c1-8-25(4)32(41-36(47)30-21-15-16-22-43(30)6)37(48)40-31(24(2)3)34(44(7)26(5)45)38-39-29(23-49-38)35(46)42-33(27-17-11-9-12-18-27)28-19-13-10-14-20-28/h9-14,17-20,23-25,30-34H,8,15-16,21-22H2,1-7H3,(H,40,48)(H,41,47)(H,42,46). The number of benzene rings is 2. The van der Waals surface area contributed by atoms with Crippen LogP contribution < -0.4 is 16.0 Å². The van der Waals surface area contributed by atoms with Crippen LogP contribution in [0.3, 0.4) is 0 Å². The summed E-state index contributed by atoms with van der Waals surface area (Å²) >= 11 is 1.28. The van der Waals surface area contributed by atoms with Crippen molar-refractivity contribution in [3.63, 3.8) is 0 Å². The Bertz CT molecular complexity index is 1510. The Balaban J connectivity index is 1.60. The van der Waals surface area contributed by atoms with Crippen LogP contribution in [-0.4, -0.2) is 77.2 Å². The second-order valence-corrected chi connectivity index (χ2v) is 14.4. The summed E-state index contributed by atoms with van der Waals surface area (Å²) in [4.78, 5) is 62.4. The minimum Gasteiger partial charge on any atom is -0.349 e. The highest BCUT2D eigenvalue weighted by atomic mass is 32.1. The van der Waals surface area contributed by atoms with Crippen LogP contribution in [0.2, 0.25) is 0 Å². The lowest BCUT2D eigenvalue weighted by molar-refractivity contribution is -0.135. The van der Waals surface area contributed by atoms with Gasteiger partial charge in [-0.15, -0.1) is 11.3 Å². The van der Waals surface area contributed by atoms with Gasteiger partial charge in [-0.2, -0.15) is 0 Å². The minimum atomic E-state index is -0.747. The number of hydrogen-bond acceptors (Lipinski definition) is 7. The van der Waals surface area contributed by atoms with Gasteiger partial charge in [0.15, 0.2) is 0 Å². The highest BCUT2D eigenvalue weighted by Gasteiger charge is 2.38. The number of nitrogens with zero attached hydrogens (tertiary/aromatic N) is 3. The lowest BCUT2D eigenvalue weighted by Crippen LogP contribution is -2.59. The molecule has 2 aromatic carbocycles. The van der Waals surface area contributed by atoms with E-state index in [1.807, 2.05) is 95.4 Å². The molecule has 5 unspecified atom stereocenters. The van der Waals surface area contributed by atoms with Crippen molar-refractivity contribution in [2.45, 2.75) is 90.5 Å². The third-order valence-electron chi connectivity index (χ3n) is 9.70. The molecule has 10 nitrogen and oxygen atoms in total. The molecule has 0 saturated carbocycles. The topological polar surface area (TPSA) is 124 Å². The van der Waals surface area contributed by atoms with E-state index >= 15 is 0 Å². The second-order valence-electron chi connectivity index (χ2n) is 13.5. The quantitative estimate of drug-likeness (QED) is 0.210. The van der Waals surface area contributed by atoms with Gasteiger partial charge in [-0.1, -0.05) is 101 Å². The van der Waals surface area contributed by atoms with Gasteiger partial charge in [-0.25, -0.2) is 4.98 Å². The normalized spacial score (nSPS) is 17.5. The van der Waals surface area contributed by atoms with E-state index in [1.165, 1.54) is 18.3 Å². The van der Waals surface area contributed by atoms with Crippen molar-refractivity contribution in [2.75, 3.05) is 20.6 Å². The van der Waals surface area contributed by atoms with E-state index in [0.29, 0.717) is 11.4 Å². The van der Waals surface area contributed by atoms with Crippen LogP contribution in [0.5, 0.6) is 0 Å². The Morgan fingerprint density at radius 2 is 1.55 bits per heavy atom. The van der Waals surface area contributed by atoms with Gasteiger partial charge in [0.2, 0.25) is 17.7 Å². The molecule has 2 heterocycles. The Morgan fingerprint density at radius 3 is 2.08 bits per heavy atom. The smallest absolute Gasteiger partial charge is 0.271 e. The number of rotatable bonds is 14. The molecular formula is C38H52N6O4S. The Labute approximate surface area is 295 Å². The number of aromatic nitrogens is 1. The van der Waals surface area contributed by atoms with E-state index in [2.05, 4.69) is 20.9 Å². The maximum absolute atomic E-state index is 14.1. The molecule has 1 fully saturated rings. The average molecular weight is 689 g/mol. The fourth-order valence-electron chi connectivity index (χ4n) is 6.36. The monoisotopic (exact) mass is 688 g/mol. The largest absolute Gasteiger partial charge is 0.349 e. The van der Waals surface area contributed by atoms with E-state index < -0.39 is 18.1 Å². The summed E-state index contributed by atoms with van der Waals surface area (Å²) in [5, 5.41) is 11.6. The summed E-state index contributed by atoms with van der Waals surface area (Å²) in [6, 6.07) is 16.9. The number of thiazole rings is 1. The number of nitrogens with one attached hydrogen (secondary N) is 3. The lowest BCUT2D eigenvalue weighted by atomic mass is 9.92. The van der Waals surface area contributed by atoms with Crippen LogP contribution in [0.1, 0.15) is 99.0 Å². The van der Waals surface area contributed by atoms with E-state index in [4.69, 9.17) is 4.98 Å². The molecule has 1 aliphatic heterocycles. The fraction of sp³-hybridized carbons (Fsp3) is 0.500. The summed E-state index contributed by atoms with van der Waals surface area (Å²) in [5.74, 6) is -1.22. The number of hydrogen-bond donors (Lipinski definition) is 3. The molecule has 11 heteroatoms. The predicted octanol–water partition coefficient (Wildman–Crippen LogP) is 5.34. The maximum atomic E-state index is 14.1. The van der Waals surface area contributed by atoms with Crippen LogP contribution in [-0.2, 0) is 14.4 Å². The van der Waals surface area contributed by atoms with Gasteiger partial charge in [0, 0.05) is 19.4 Å². The van der Waals surface area contributed by atoms with Crippen molar-refractivity contribution in [1.29, 1.82) is 0 Å². The van der Waals surface area contributed by atoms with Gasteiger partial charge in [0.25, 0.3) is 5.91 Å². The fourth-order valence-corrected chi connectivity index (χ4v) is 7.35. The zero-order chi connectivity index (χ0) is 35.7. The summed E-state index contributed by atoms with van der Waals surface area (Å²) in [6.45, 7) is 10.2. The number of likely N-dealkylation sites (tertiary alicyclic amines) is 1. The first-order valence-corrected chi connectivity index (χ1v) is 18.2. The summed E-state index contributed by atoms with van der Waals surface area (Å²) in [6.07, 6.45) is 3.48. The first-order chi connectivity index (χ1) is 23.4. The molecule has 49 heavy (non-hydrogen) atoms. The zero-order valence-corrected chi connectivity index (χ0v) is 30.6. The van der Waals surface area contributed by atoms with E-state index in [-0.39, 0.29) is 53.2 Å². The summed E-state index contributed by atoms with van der Waals surface area (Å²) in [7, 11) is 3.63. The van der Waals surface area contributed by atoms with E-state index in [0.717, 1.165) is 36.9 Å². The van der Waals surface area contributed by atoms with Crippen molar-refractivity contribution < 1.29 is 19.2 Å². The molecule has 1 saturated heterocycles. The van der Waals surface area contributed by atoms with Gasteiger partial charge in [-0.3, -0.25) is 24.1 Å². The SMILES string of the molecule is CCC(C)C(NC(=O)C1CCCCN1C)C(=O)NC(C(C)C)C(c1nc(C(=O)NC(c2ccccc2)c2ccccc2)cs1)N(C)C(C)=O. The molecule has 1 aromatic heterocycles. The molecular weight excluding hydrogens is 637 g/mol. The predicted molar refractivity (Wildman–Crippen MR) is 194 cm³/mol. The van der Waals surface area contributed by atoms with Crippen molar-refractivity contribution in [2.24, 2.45) is 11.8 Å². The van der Waals surface area contributed by atoms with Gasteiger partial charge < -0.3 is 20.9 Å². The molecule has 4 amide bonds. The van der Waals surface area contributed by atoms with Crippen molar-refractivity contribution in [3.8, 4) is 0 Å². The Kier molecular flexibility index (Phi) is 13.5. The zero-order valence-electron chi connectivity index (χ0n) is 29.8. The number of likely N-dealkylation sites (N-methyl/N-ethyl adjacent to an activating group) is 2. The van der Waals surface area contributed by atoms with Crippen LogP contribution in [0.4, 0.5) is 0 Å². The lowest BCUT2D eigenvalue weighted by Gasteiger charge is -2.37. The third kappa shape index (κ3) is 9.54.